The number of hydrogen-bond acceptors (Lipinski definition) is 2. The predicted octanol–water partition coefficient (Wildman–Crippen LogP) is 3.65. The Hall–Kier alpha value is -2.75. The van der Waals surface area contributed by atoms with Crippen molar-refractivity contribution in [1.29, 1.82) is 0 Å². The molecule has 0 saturated heterocycles. The second kappa shape index (κ2) is 4.98. The lowest BCUT2D eigenvalue weighted by Gasteiger charge is -2.11. The van der Waals surface area contributed by atoms with Crippen LogP contribution >= 0.6 is 0 Å². The van der Waals surface area contributed by atoms with E-state index >= 15 is 0 Å². The highest BCUT2D eigenvalue weighted by atomic mass is 16.5. The summed E-state index contributed by atoms with van der Waals surface area (Å²) in [6.45, 7) is 1.96. The number of carboxylic acid groups (broad SMARTS) is 1. The van der Waals surface area contributed by atoms with Gasteiger partial charge in [-0.25, -0.2) is 4.79 Å². The fourth-order valence-electron chi connectivity index (χ4n) is 2.57. The van der Waals surface area contributed by atoms with Crippen LogP contribution in [-0.4, -0.2) is 22.8 Å². The molecule has 0 saturated carbocycles. The van der Waals surface area contributed by atoms with Crippen molar-refractivity contribution in [1.82, 2.24) is 4.57 Å². The average Bonchev–Trinajstić information content (AvgIpc) is 2.86. The van der Waals surface area contributed by atoms with E-state index in [4.69, 9.17) is 4.74 Å². The molecule has 106 valence electrons. The zero-order valence-electron chi connectivity index (χ0n) is 11.8. The summed E-state index contributed by atoms with van der Waals surface area (Å²) in [5, 5.41) is 10.4. The summed E-state index contributed by atoms with van der Waals surface area (Å²) in [5.41, 5.74) is 2.90. The van der Waals surface area contributed by atoms with Crippen LogP contribution in [0.1, 0.15) is 16.1 Å². The van der Waals surface area contributed by atoms with Crippen molar-refractivity contribution in [3.63, 3.8) is 0 Å². The van der Waals surface area contributed by atoms with Crippen LogP contribution in [0.5, 0.6) is 5.75 Å². The van der Waals surface area contributed by atoms with Gasteiger partial charge in [0.25, 0.3) is 0 Å². The standard InChI is InChI=1S/C17H15NO3/c1-11-7-13(10-14(8-11)21-2)18-15-6-4-3-5-12(15)9-16(18)17(19)20/h3-10H,1-2H3,(H,19,20). The van der Waals surface area contributed by atoms with Gasteiger partial charge in [-0.05, 0) is 36.8 Å². The first-order valence-corrected chi connectivity index (χ1v) is 6.60. The van der Waals surface area contributed by atoms with E-state index in [-0.39, 0.29) is 5.69 Å². The zero-order chi connectivity index (χ0) is 15.0. The number of aryl methyl sites for hydroxylation is 1. The van der Waals surface area contributed by atoms with E-state index in [1.165, 1.54) is 0 Å². The minimum atomic E-state index is -0.952. The number of para-hydroxylation sites is 1. The molecule has 3 rings (SSSR count). The molecule has 1 heterocycles. The molecule has 4 heteroatoms. The van der Waals surface area contributed by atoms with Gasteiger partial charge in [-0.3, -0.25) is 0 Å². The van der Waals surface area contributed by atoms with Gasteiger partial charge in [0.15, 0.2) is 0 Å². The highest BCUT2D eigenvalue weighted by Crippen LogP contribution is 2.27. The first kappa shape index (κ1) is 13.2. The van der Waals surface area contributed by atoms with E-state index in [1.807, 2.05) is 49.4 Å². The normalized spacial score (nSPS) is 10.8. The molecular formula is C17H15NO3. The molecule has 2 aromatic carbocycles. The summed E-state index contributed by atoms with van der Waals surface area (Å²) >= 11 is 0. The predicted molar refractivity (Wildman–Crippen MR) is 81.5 cm³/mol. The van der Waals surface area contributed by atoms with Gasteiger partial charge in [0.2, 0.25) is 0 Å². The Kier molecular flexibility index (Phi) is 3.14. The molecule has 0 bridgehead atoms. The molecule has 0 atom stereocenters. The maximum atomic E-state index is 11.6. The van der Waals surface area contributed by atoms with Crippen molar-refractivity contribution in [3.05, 3.63) is 59.8 Å². The van der Waals surface area contributed by atoms with Crippen molar-refractivity contribution < 1.29 is 14.6 Å². The highest BCUT2D eigenvalue weighted by molar-refractivity contribution is 5.96. The van der Waals surface area contributed by atoms with Crippen LogP contribution < -0.4 is 4.74 Å². The monoisotopic (exact) mass is 281 g/mol. The molecule has 0 unspecified atom stereocenters. The Morgan fingerprint density at radius 2 is 1.90 bits per heavy atom. The fraction of sp³-hybridized carbons (Fsp3) is 0.118. The number of hydrogen-bond donors (Lipinski definition) is 1. The van der Waals surface area contributed by atoms with Crippen molar-refractivity contribution in [2.24, 2.45) is 0 Å². The Bertz CT molecular complexity index is 833. The molecule has 0 aliphatic carbocycles. The molecule has 4 nitrogen and oxygen atoms in total. The van der Waals surface area contributed by atoms with Crippen LogP contribution in [-0.2, 0) is 0 Å². The van der Waals surface area contributed by atoms with Crippen molar-refractivity contribution in [3.8, 4) is 11.4 Å². The Morgan fingerprint density at radius 1 is 1.14 bits per heavy atom. The van der Waals surface area contributed by atoms with Gasteiger partial charge in [0, 0.05) is 11.5 Å². The quantitative estimate of drug-likeness (QED) is 0.797. The Labute approximate surface area is 122 Å². The largest absolute Gasteiger partial charge is 0.497 e. The van der Waals surface area contributed by atoms with E-state index in [0.29, 0.717) is 5.75 Å². The van der Waals surface area contributed by atoms with E-state index in [0.717, 1.165) is 22.2 Å². The first-order chi connectivity index (χ1) is 10.1. The van der Waals surface area contributed by atoms with Gasteiger partial charge in [0.05, 0.1) is 18.3 Å². The van der Waals surface area contributed by atoms with E-state index < -0.39 is 5.97 Å². The molecule has 0 aliphatic heterocycles. The first-order valence-electron chi connectivity index (χ1n) is 6.60. The van der Waals surface area contributed by atoms with Gasteiger partial charge in [-0.1, -0.05) is 18.2 Å². The van der Waals surface area contributed by atoms with Gasteiger partial charge in [-0.2, -0.15) is 0 Å². The minimum Gasteiger partial charge on any atom is -0.497 e. The third-order valence-corrected chi connectivity index (χ3v) is 3.46. The molecule has 0 radical (unpaired) electrons. The second-order valence-electron chi connectivity index (χ2n) is 4.94. The molecule has 0 spiro atoms. The molecule has 1 N–H and O–H groups in total. The lowest BCUT2D eigenvalue weighted by atomic mass is 10.2. The summed E-state index contributed by atoms with van der Waals surface area (Å²) < 4.78 is 7.03. The number of nitrogens with zero attached hydrogens (tertiary/aromatic N) is 1. The highest BCUT2D eigenvalue weighted by Gasteiger charge is 2.16. The number of aromatic nitrogens is 1. The molecule has 0 fully saturated rings. The summed E-state index contributed by atoms with van der Waals surface area (Å²) in [5.74, 6) is -0.245. The van der Waals surface area contributed by atoms with Crippen LogP contribution in [0, 0.1) is 6.92 Å². The van der Waals surface area contributed by atoms with Crippen LogP contribution in [0.3, 0.4) is 0 Å². The SMILES string of the molecule is COc1cc(C)cc(-n2c(C(=O)O)cc3ccccc32)c1. The number of methoxy groups -OCH3 is 1. The van der Waals surface area contributed by atoms with Crippen LogP contribution in [0.4, 0.5) is 0 Å². The number of ether oxygens (including phenoxy) is 1. The van der Waals surface area contributed by atoms with Crippen molar-refractivity contribution >= 4 is 16.9 Å². The van der Waals surface area contributed by atoms with Crippen LogP contribution in [0.2, 0.25) is 0 Å². The molecule has 3 aromatic rings. The summed E-state index contributed by atoms with van der Waals surface area (Å²) in [6.07, 6.45) is 0. The van der Waals surface area contributed by atoms with Gasteiger partial charge < -0.3 is 14.4 Å². The fourth-order valence-corrected chi connectivity index (χ4v) is 2.57. The third kappa shape index (κ3) is 2.25. The molecule has 0 aliphatic rings. The lowest BCUT2D eigenvalue weighted by molar-refractivity contribution is 0.0688. The van der Waals surface area contributed by atoms with Crippen molar-refractivity contribution in [2.45, 2.75) is 6.92 Å². The summed E-state index contributed by atoms with van der Waals surface area (Å²) in [7, 11) is 1.60. The smallest absolute Gasteiger partial charge is 0.352 e. The maximum Gasteiger partial charge on any atom is 0.352 e. The minimum absolute atomic E-state index is 0.240. The molecule has 21 heavy (non-hydrogen) atoms. The number of fused-ring (bicyclic) bond motifs is 1. The average molecular weight is 281 g/mol. The number of carboxylic acids is 1. The van der Waals surface area contributed by atoms with E-state index in [1.54, 1.807) is 17.7 Å². The number of rotatable bonds is 3. The maximum absolute atomic E-state index is 11.6. The van der Waals surface area contributed by atoms with Gasteiger partial charge in [-0.15, -0.1) is 0 Å². The van der Waals surface area contributed by atoms with E-state index in [2.05, 4.69) is 0 Å². The van der Waals surface area contributed by atoms with Gasteiger partial charge in [0.1, 0.15) is 11.4 Å². The summed E-state index contributed by atoms with van der Waals surface area (Å²) in [6, 6.07) is 15.0. The number of aromatic carboxylic acids is 1. The molecule has 1 aromatic heterocycles. The van der Waals surface area contributed by atoms with Gasteiger partial charge >= 0.3 is 5.97 Å². The van der Waals surface area contributed by atoms with Crippen molar-refractivity contribution in [2.75, 3.05) is 7.11 Å². The van der Waals surface area contributed by atoms with Crippen LogP contribution in [0.25, 0.3) is 16.6 Å². The number of carbonyl (C=O) groups is 1. The Balaban J connectivity index is 2.35. The number of benzene rings is 2. The second-order valence-corrected chi connectivity index (χ2v) is 4.94. The molecular weight excluding hydrogens is 266 g/mol. The summed E-state index contributed by atoms with van der Waals surface area (Å²) in [4.78, 5) is 11.6. The Morgan fingerprint density at radius 3 is 2.62 bits per heavy atom. The third-order valence-electron chi connectivity index (χ3n) is 3.46. The zero-order valence-corrected chi connectivity index (χ0v) is 11.8. The topological polar surface area (TPSA) is 51.5 Å². The van der Waals surface area contributed by atoms with Crippen LogP contribution in [0.15, 0.2) is 48.5 Å². The lowest BCUT2D eigenvalue weighted by Crippen LogP contribution is -2.06. The van der Waals surface area contributed by atoms with E-state index in [9.17, 15) is 9.90 Å². The molecule has 0 amide bonds.